The Hall–Kier alpha value is -2.35. The first-order chi connectivity index (χ1) is 11.2. The third-order valence-corrected chi connectivity index (χ3v) is 4.60. The number of hydrogen-bond donors (Lipinski definition) is 0. The Bertz CT molecular complexity index is 657. The Morgan fingerprint density at radius 1 is 1.30 bits per heavy atom. The van der Waals surface area contributed by atoms with Crippen LogP contribution in [-0.4, -0.2) is 37.0 Å². The Labute approximate surface area is 135 Å². The molecule has 3 rings (SSSR count). The van der Waals surface area contributed by atoms with E-state index in [9.17, 15) is 9.18 Å². The van der Waals surface area contributed by atoms with Crippen molar-refractivity contribution >= 4 is 11.6 Å². The van der Waals surface area contributed by atoms with E-state index >= 15 is 0 Å². The predicted molar refractivity (Wildman–Crippen MR) is 86.4 cm³/mol. The summed E-state index contributed by atoms with van der Waals surface area (Å²) in [5.74, 6) is 0.206. The lowest BCUT2D eigenvalue weighted by atomic mass is 10.0. The molecule has 1 unspecified atom stereocenters. The highest BCUT2D eigenvalue weighted by Gasteiger charge is 2.24. The molecule has 1 fully saturated rings. The Kier molecular flexibility index (Phi) is 4.61. The third kappa shape index (κ3) is 3.53. The van der Waals surface area contributed by atoms with E-state index in [0.717, 1.165) is 12.8 Å². The van der Waals surface area contributed by atoms with Crippen molar-refractivity contribution in [2.75, 3.05) is 31.1 Å². The number of rotatable bonds is 3. The first-order valence-electron chi connectivity index (χ1n) is 8.06. The van der Waals surface area contributed by atoms with Gasteiger partial charge in [-0.15, -0.1) is 0 Å². The van der Waals surface area contributed by atoms with Gasteiger partial charge in [0.2, 0.25) is 5.91 Å². The molecule has 0 spiro atoms. The van der Waals surface area contributed by atoms with Crippen LogP contribution in [0, 0.1) is 23.1 Å². The minimum atomic E-state index is -0.375. The van der Waals surface area contributed by atoms with Gasteiger partial charge in [0.25, 0.3) is 0 Å². The van der Waals surface area contributed by atoms with Crippen LogP contribution in [0.5, 0.6) is 0 Å². The molecule has 1 saturated heterocycles. The van der Waals surface area contributed by atoms with E-state index in [4.69, 9.17) is 5.26 Å². The second kappa shape index (κ2) is 6.82. The Morgan fingerprint density at radius 3 is 2.70 bits per heavy atom. The number of amides is 1. The molecular weight excluding hydrogens is 293 g/mol. The van der Waals surface area contributed by atoms with Crippen LogP contribution in [0.25, 0.3) is 0 Å². The van der Waals surface area contributed by atoms with Crippen LogP contribution < -0.4 is 4.90 Å². The lowest BCUT2D eigenvalue weighted by Crippen LogP contribution is -2.49. The average Bonchev–Trinajstić information content (AvgIpc) is 3.08. The zero-order chi connectivity index (χ0) is 16.2. The van der Waals surface area contributed by atoms with E-state index < -0.39 is 0 Å². The van der Waals surface area contributed by atoms with Crippen LogP contribution in [0.4, 0.5) is 10.1 Å². The second-order valence-corrected chi connectivity index (χ2v) is 6.12. The quantitative estimate of drug-likeness (QED) is 0.806. The fourth-order valence-corrected chi connectivity index (χ4v) is 3.25. The largest absolute Gasteiger partial charge is 0.366 e. The maximum absolute atomic E-state index is 14.1. The highest BCUT2D eigenvalue weighted by Crippen LogP contribution is 2.24. The number of allylic oxidation sites excluding steroid dienone is 2. The molecule has 1 amide bonds. The number of halogens is 1. The van der Waals surface area contributed by atoms with Crippen molar-refractivity contribution < 1.29 is 9.18 Å². The van der Waals surface area contributed by atoms with Crippen molar-refractivity contribution in [1.82, 2.24) is 4.90 Å². The second-order valence-electron chi connectivity index (χ2n) is 6.12. The average molecular weight is 313 g/mol. The Morgan fingerprint density at radius 2 is 2.09 bits per heavy atom. The van der Waals surface area contributed by atoms with Gasteiger partial charge in [-0.3, -0.25) is 4.79 Å². The molecule has 0 bridgehead atoms. The maximum Gasteiger partial charge on any atom is 0.223 e. The van der Waals surface area contributed by atoms with Gasteiger partial charge < -0.3 is 9.80 Å². The lowest BCUT2D eigenvalue weighted by molar-refractivity contribution is -0.132. The smallest absolute Gasteiger partial charge is 0.223 e. The van der Waals surface area contributed by atoms with Crippen molar-refractivity contribution in [3.63, 3.8) is 0 Å². The van der Waals surface area contributed by atoms with Gasteiger partial charge in [0.1, 0.15) is 5.82 Å². The molecule has 1 aliphatic heterocycles. The van der Waals surface area contributed by atoms with Gasteiger partial charge in [-0.25, -0.2) is 4.39 Å². The summed E-state index contributed by atoms with van der Waals surface area (Å²) in [6.07, 6.45) is 7.01. The van der Waals surface area contributed by atoms with Crippen molar-refractivity contribution in [2.45, 2.75) is 19.3 Å². The van der Waals surface area contributed by atoms with E-state index in [1.165, 1.54) is 6.07 Å². The summed E-state index contributed by atoms with van der Waals surface area (Å²) in [6, 6.07) is 6.48. The highest BCUT2D eigenvalue weighted by atomic mass is 19.1. The van der Waals surface area contributed by atoms with Gasteiger partial charge >= 0.3 is 0 Å². The Balaban J connectivity index is 1.57. The van der Waals surface area contributed by atoms with Gasteiger partial charge in [0.15, 0.2) is 0 Å². The fraction of sp³-hybridized carbons (Fsp3) is 0.444. The molecule has 120 valence electrons. The summed E-state index contributed by atoms with van der Waals surface area (Å²) in [5, 5.41) is 8.80. The molecule has 0 radical (unpaired) electrons. The zero-order valence-corrected chi connectivity index (χ0v) is 13.0. The van der Waals surface area contributed by atoms with Gasteiger partial charge in [-0.2, -0.15) is 5.26 Å². The normalized spacial score (nSPS) is 20.6. The number of piperazine rings is 1. The SMILES string of the molecule is N#Cc1ccc(N2CCN(C(=O)CC3C=CCC3)CC2)c(F)c1. The molecular formula is C18H20FN3O. The van der Waals surface area contributed by atoms with E-state index in [2.05, 4.69) is 12.2 Å². The molecule has 1 aliphatic carbocycles. The highest BCUT2D eigenvalue weighted by molar-refractivity contribution is 5.77. The number of benzene rings is 1. The molecule has 5 heteroatoms. The minimum Gasteiger partial charge on any atom is -0.366 e. The van der Waals surface area contributed by atoms with Crippen molar-refractivity contribution in [3.8, 4) is 6.07 Å². The number of carbonyl (C=O) groups excluding carboxylic acids is 1. The maximum atomic E-state index is 14.1. The fourth-order valence-electron chi connectivity index (χ4n) is 3.25. The number of carbonyl (C=O) groups is 1. The molecule has 1 heterocycles. The summed E-state index contributed by atoms with van der Waals surface area (Å²) >= 11 is 0. The van der Waals surface area contributed by atoms with E-state index in [0.29, 0.717) is 49.8 Å². The zero-order valence-electron chi connectivity index (χ0n) is 13.0. The van der Waals surface area contributed by atoms with Gasteiger partial charge in [-0.05, 0) is 37.0 Å². The number of nitriles is 1. The standard InChI is InChI=1S/C18H20FN3O/c19-16-11-15(13-20)5-6-17(16)21-7-9-22(10-8-21)18(23)12-14-3-1-2-4-14/h1,3,5-6,11,14H,2,4,7-10,12H2. The van der Waals surface area contributed by atoms with Gasteiger partial charge in [-0.1, -0.05) is 12.2 Å². The van der Waals surface area contributed by atoms with Crippen molar-refractivity contribution in [2.24, 2.45) is 5.92 Å². The number of hydrogen-bond acceptors (Lipinski definition) is 3. The molecule has 1 atom stereocenters. The van der Waals surface area contributed by atoms with E-state index in [-0.39, 0.29) is 11.7 Å². The summed E-state index contributed by atoms with van der Waals surface area (Å²) < 4.78 is 14.1. The lowest BCUT2D eigenvalue weighted by Gasteiger charge is -2.36. The number of nitrogens with zero attached hydrogens (tertiary/aromatic N) is 3. The molecule has 2 aliphatic rings. The predicted octanol–water partition coefficient (Wildman–Crippen LogP) is 2.70. The van der Waals surface area contributed by atoms with E-state index in [1.54, 1.807) is 12.1 Å². The van der Waals surface area contributed by atoms with Crippen LogP contribution in [0.2, 0.25) is 0 Å². The molecule has 0 aromatic heterocycles. The molecule has 1 aromatic carbocycles. The monoisotopic (exact) mass is 313 g/mol. The molecule has 4 nitrogen and oxygen atoms in total. The van der Waals surface area contributed by atoms with Gasteiger partial charge in [0.05, 0.1) is 17.3 Å². The van der Waals surface area contributed by atoms with Crippen LogP contribution >= 0.6 is 0 Å². The van der Waals surface area contributed by atoms with Crippen LogP contribution in [0.3, 0.4) is 0 Å². The number of anilines is 1. The summed E-state index contributed by atoms with van der Waals surface area (Å²) in [6.45, 7) is 2.48. The van der Waals surface area contributed by atoms with Crippen LogP contribution in [-0.2, 0) is 4.79 Å². The molecule has 0 N–H and O–H groups in total. The third-order valence-electron chi connectivity index (χ3n) is 4.60. The van der Waals surface area contributed by atoms with Crippen LogP contribution in [0.15, 0.2) is 30.4 Å². The first kappa shape index (κ1) is 15.5. The minimum absolute atomic E-state index is 0.196. The summed E-state index contributed by atoms with van der Waals surface area (Å²) in [7, 11) is 0. The molecule has 23 heavy (non-hydrogen) atoms. The van der Waals surface area contributed by atoms with E-state index in [1.807, 2.05) is 15.9 Å². The first-order valence-corrected chi connectivity index (χ1v) is 8.06. The van der Waals surface area contributed by atoms with Crippen molar-refractivity contribution in [1.29, 1.82) is 5.26 Å². The molecule has 0 saturated carbocycles. The molecule has 1 aromatic rings. The van der Waals surface area contributed by atoms with Crippen molar-refractivity contribution in [3.05, 3.63) is 41.7 Å². The summed E-state index contributed by atoms with van der Waals surface area (Å²) in [4.78, 5) is 16.1. The van der Waals surface area contributed by atoms with Crippen LogP contribution in [0.1, 0.15) is 24.8 Å². The summed E-state index contributed by atoms with van der Waals surface area (Å²) in [5.41, 5.74) is 0.833. The topological polar surface area (TPSA) is 47.3 Å². The van der Waals surface area contributed by atoms with Gasteiger partial charge in [0, 0.05) is 32.6 Å².